The van der Waals surface area contributed by atoms with Gasteiger partial charge < -0.3 is 4.57 Å². The molecule has 2 heterocycles. The summed E-state index contributed by atoms with van der Waals surface area (Å²) in [6.45, 7) is 6.13. The standard InChI is InChI=1S/C12H17N3/c1-12-13-6-11-15(12)10-5-4-9-14-7-2-3-8-14/h6,11H,2-3,7-10H2,1H3. The van der Waals surface area contributed by atoms with E-state index in [1.165, 1.54) is 25.9 Å². The van der Waals surface area contributed by atoms with Crippen molar-refractivity contribution in [2.75, 3.05) is 19.6 Å². The molecule has 0 saturated carbocycles. The quantitative estimate of drug-likeness (QED) is 0.675. The summed E-state index contributed by atoms with van der Waals surface area (Å²) in [5.41, 5.74) is 0. The zero-order valence-electron chi connectivity index (χ0n) is 9.24. The fourth-order valence-electron chi connectivity index (χ4n) is 1.82. The van der Waals surface area contributed by atoms with E-state index in [4.69, 9.17) is 0 Å². The highest BCUT2D eigenvalue weighted by molar-refractivity contribution is 5.04. The third-order valence-corrected chi connectivity index (χ3v) is 2.80. The maximum absolute atomic E-state index is 4.16. The van der Waals surface area contributed by atoms with Gasteiger partial charge in [-0.3, -0.25) is 4.90 Å². The van der Waals surface area contributed by atoms with Crippen LogP contribution in [0.4, 0.5) is 0 Å². The largest absolute Gasteiger partial charge is 0.324 e. The van der Waals surface area contributed by atoms with E-state index in [1.54, 1.807) is 0 Å². The van der Waals surface area contributed by atoms with Gasteiger partial charge in [-0.05, 0) is 32.9 Å². The van der Waals surface area contributed by atoms with E-state index in [9.17, 15) is 0 Å². The average Bonchev–Trinajstić information content (AvgIpc) is 2.85. The SMILES string of the molecule is Cc1nccn1CC#CCN1CCCC1. The summed E-state index contributed by atoms with van der Waals surface area (Å²) >= 11 is 0. The van der Waals surface area contributed by atoms with Gasteiger partial charge in [0.25, 0.3) is 0 Å². The van der Waals surface area contributed by atoms with Gasteiger partial charge in [0.15, 0.2) is 0 Å². The minimum Gasteiger partial charge on any atom is -0.324 e. The summed E-state index contributed by atoms with van der Waals surface area (Å²) in [7, 11) is 0. The minimum absolute atomic E-state index is 0.764. The Kier molecular flexibility index (Phi) is 3.41. The molecule has 1 saturated heterocycles. The number of hydrogen-bond acceptors (Lipinski definition) is 2. The Balaban J connectivity index is 1.77. The smallest absolute Gasteiger partial charge is 0.106 e. The lowest BCUT2D eigenvalue weighted by atomic mass is 10.4. The van der Waals surface area contributed by atoms with E-state index in [0.29, 0.717) is 0 Å². The summed E-state index contributed by atoms with van der Waals surface area (Å²) in [5, 5.41) is 0. The van der Waals surface area contributed by atoms with Crippen molar-refractivity contribution in [3.05, 3.63) is 18.2 Å². The maximum atomic E-state index is 4.16. The van der Waals surface area contributed by atoms with Crippen LogP contribution in [0.5, 0.6) is 0 Å². The Morgan fingerprint density at radius 3 is 2.67 bits per heavy atom. The zero-order valence-corrected chi connectivity index (χ0v) is 9.24. The predicted octanol–water partition coefficient (Wildman–Crippen LogP) is 1.29. The Labute approximate surface area is 91.1 Å². The Morgan fingerprint density at radius 1 is 1.27 bits per heavy atom. The van der Waals surface area contributed by atoms with Crippen molar-refractivity contribution < 1.29 is 0 Å². The molecule has 0 spiro atoms. The van der Waals surface area contributed by atoms with Crippen LogP contribution in [0.25, 0.3) is 0 Å². The number of aromatic nitrogens is 2. The predicted molar refractivity (Wildman–Crippen MR) is 60.4 cm³/mol. The van der Waals surface area contributed by atoms with Crippen LogP contribution in [0.1, 0.15) is 18.7 Å². The van der Waals surface area contributed by atoms with Crippen molar-refractivity contribution in [1.29, 1.82) is 0 Å². The number of hydrogen-bond donors (Lipinski definition) is 0. The van der Waals surface area contributed by atoms with Gasteiger partial charge in [0.1, 0.15) is 5.82 Å². The van der Waals surface area contributed by atoms with Crippen LogP contribution in [0.15, 0.2) is 12.4 Å². The molecule has 80 valence electrons. The molecule has 2 rings (SSSR count). The Hall–Kier alpha value is -1.27. The lowest BCUT2D eigenvalue weighted by molar-refractivity contribution is 0.383. The lowest BCUT2D eigenvalue weighted by Crippen LogP contribution is -2.19. The highest BCUT2D eigenvalue weighted by atomic mass is 15.1. The molecule has 1 fully saturated rings. The molecule has 0 aliphatic carbocycles. The molecule has 0 N–H and O–H groups in total. The number of rotatable bonds is 2. The molecule has 3 nitrogen and oxygen atoms in total. The Morgan fingerprint density at radius 2 is 2.00 bits per heavy atom. The molecule has 0 bridgehead atoms. The van der Waals surface area contributed by atoms with E-state index in [2.05, 4.69) is 26.3 Å². The highest BCUT2D eigenvalue weighted by Gasteiger charge is 2.08. The van der Waals surface area contributed by atoms with E-state index in [0.717, 1.165) is 18.9 Å². The molecular formula is C12H17N3. The van der Waals surface area contributed by atoms with E-state index in [-0.39, 0.29) is 0 Å². The summed E-state index contributed by atoms with van der Waals surface area (Å²) in [4.78, 5) is 6.57. The molecule has 15 heavy (non-hydrogen) atoms. The van der Waals surface area contributed by atoms with Crippen molar-refractivity contribution >= 4 is 0 Å². The monoisotopic (exact) mass is 203 g/mol. The molecule has 0 amide bonds. The summed E-state index contributed by atoms with van der Waals surface area (Å²) in [5.74, 6) is 7.44. The van der Waals surface area contributed by atoms with Crippen LogP contribution >= 0.6 is 0 Å². The van der Waals surface area contributed by atoms with Gasteiger partial charge in [-0.2, -0.15) is 0 Å². The molecule has 0 aromatic carbocycles. The number of likely N-dealkylation sites (tertiary alicyclic amines) is 1. The third kappa shape index (κ3) is 2.84. The highest BCUT2D eigenvalue weighted by Crippen LogP contribution is 2.05. The van der Waals surface area contributed by atoms with Crippen LogP contribution < -0.4 is 0 Å². The second-order valence-electron chi connectivity index (χ2n) is 3.94. The first-order valence-corrected chi connectivity index (χ1v) is 5.52. The maximum Gasteiger partial charge on any atom is 0.106 e. The second-order valence-corrected chi connectivity index (χ2v) is 3.94. The lowest BCUT2D eigenvalue weighted by Gasteiger charge is -2.08. The number of imidazole rings is 1. The minimum atomic E-state index is 0.764. The molecular weight excluding hydrogens is 186 g/mol. The van der Waals surface area contributed by atoms with Gasteiger partial charge in [0, 0.05) is 12.4 Å². The van der Waals surface area contributed by atoms with Gasteiger partial charge in [-0.1, -0.05) is 11.8 Å². The van der Waals surface area contributed by atoms with Crippen LogP contribution in [0.3, 0.4) is 0 Å². The number of aryl methyl sites for hydroxylation is 1. The topological polar surface area (TPSA) is 21.1 Å². The molecule has 1 aliphatic rings. The molecule has 0 unspecified atom stereocenters. The van der Waals surface area contributed by atoms with Gasteiger partial charge in [-0.15, -0.1) is 0 Å². The molecule has 1 aliphatic heterocycles. The first kappa shape index (κ1) is 10.3. The van der Waals surface area contributed by atoms with Gasteiger partial charge in [0.2, 0.25) is 0 Å². The molecule has 3 heteroatoms. The molecule has 1 aromatic rings. The van der Waals surface area contributed by atoms with E-state index < -0.39 is 0 Å². The normalized spacial score (nSPS) is 16.3. The van der Waals surface area contributed by atoms with Gasteiger partial charge in [0.05, 0.1) is 13.1 Å². The second kappa shape index (κ2) is 4.99. The average molecular weight is 203 g/mol. The van der Waals surface area contributed by atoms with Crippen molar-refractivity contribution in [2.45, 2.75) is 26.3 Å². The summed E-state index contributed by atoms with van der Waals surface area (Å²) in [6, 6.07) is 0. The van der Waals surface area contributed by atoms with Crippen molar-refractivity contribution in [3.8, 4) is 11.8 Å². The van der Waals surface area contributed by atoms with Crippen molar-refractivity contribution in [3.63, 3.8) is 0 Å². The first-order chi connectivity index (χ1) is 7.36. The van der Waals surface area contributed by atoms with Gasteiger partial charge in [-0.25, -0.2) is 4.98 Å². The fourth-order valence-corrected chi connectivity index (χ4v) is 1.82. The number of nitrogens with zero attached hydrogens (tertiary/aromatic N) is 3. The van der Waals surface area contributed by atoms with Crippen molar-refractivity contribution in [1.82, 2.24) is 14.5 Å². The van der Waals surface area contributed by atoms with Crippen LogP contribution in [0.2, 0.25) is 0 Å². The van der Waals surface area contributed by atoms with Crippen LogP contribution in [-0.2, 0) is 6.54 Å². The summed E-state index contributed by atoms with van der Waals surface area (Å²) in [6.07, 6.45) is 6.46. The molecule has 0 atom stereocenters. The zero-order chi connectivity index (χ0) is 10.5. The molecule has 1 aromatic heterocycles. The van der Waals surface area contributed by atoms with E-state index in [1.807, 2.05) is 19.3 Å². The van der Waals surface area contributed by atoms with E-state index >= 15 is 0 Å². The van der Waals surface area contributed by atoms with Gasteiger partial charge >= 0.3 is 0 Å². The molecule has 0 radical (unpaired) electrons. The van der Waals surface area contributed by atoms with Crippen LogP contribution in [0, 0.1) is 18.8 Å². The van der Waals surface area contributed by atoms with Crippen LogP contribution in [-0.4, -0.2) is 34.1 Å². The summed E-state index contributed by atoms with van der Waals surface area (Å²) < 4.78 is 2.07. The first-order valence-electron chi connectivity index (χ1n) is 5.52. The third-order valence-electron chi connectivity index (χ3n) is 2.80. The van der Waals surface area contributed by atoms with Crippen molar-refractivity contribution in [2.24, 2.45) is 0 Å². The fraction of sp³-hybridized carbons (Fsp3) is 0.583. The Bertz CT molecular complexity index is 364.